The second-order valence-corrected chi connectivity index (χ2v) is 13.2. The third-order valence-corrected chi connectivity index (χ3v) is 9.54. The Morgan fingerprint density at radius 2 is 1.76 bits per heavy atom. The van der Waals surface area contributed by atoms with Crippen molar-refractivity contribution in [3.8, 4) is 16.8 Å². The standard InChI is InChI=1S/C32H31ClN6O2S/c1-42(40,41)38-16-14-24(15-17-38)25-8-5-9-26(19-25)29(18-23-6-3-2-4-7-23)31-12-10-27(21-34-31)30-20-28(33)11-13-32(30)39-22-35-36-37-39/h2-13,19-22,24,29H,14-18H2,1H3. The summed E-state index contributed by atoms with van der Waals surface area (Å²) in [6.45, 7) is 1.11. The Labute approximate surface area is 251 Å². The molecule has 5 aromatic rings. The molecule has 0 saturated carbocycles. The molecule has 214 valence electrons. The number of aromatic nitrogens is 5. The summed E-state index contributed by atoms with van der Waals surface area (Å²) in [7, 11) is -3.16. The molecule has 1 fully saturated rings. The Morgan fingerprint density at radius 1 is 0.952 bits per heavy atom. The summed E-state index contributed by atoms with van der Waals surface area (Å²) in [4.78, 5) is 4.98. The first kappa shape index (κ1) is 28.2. The van der Waals surface area contributed by atoms with Crippen LogP contribution in [0.4, 0.5) is 0 Å². The minimum Gasteiger partial charge on any atom is -0.260 e. The topological polar surface area (TPSA) is 93.9 Å². The minimum atomic E-state index is -3.16. The van der Waals surface area contributed by atoms with Crippen LogP contribution in [0.2, 0.25) is 5.02 Å². The molecule has 0 bridgehead atoms. The van der Waals surface area contributed by atoms with Gasteiger partial charge in [-0.1, -0.05) is 72.3 Å². The maximum atomic E-state index is 12.0. The van der Waals surface area contributed by atoms with E-state index in [1.807, 2.05) is 30.5 Å². The molecular formula is C32H31ClN6O2S. The van der Waals surface area contributed by atoms with Crippen LogP contribution >= 0.6 is 11.6 Å². The number of nitrogens with zero attached hydrogens (tertiary/aromatic N) is 6. The van der Waals surface area contributed by atoms with E-state index in [1.165, 1.54) is 22.9 Å². The maximum absolute atomic E-state index is 12.0. The van der Waals surface area contributed by atoms with Gasteiger partial charge in [0.1, 0.15) is 6.33 Å². The van der Waals surface area contributed by atoms with Crippen LogP contribution in [0.25, 0.3) is 16.8 Å². The van der Waals surface area contributed by atoms with E-state index in [0.717, 1.165) is 41.8 Å². The maximum Gasteiger partial charge on any atom is 0.211 e. The highest BCUT2D eigenvalue weighted by Crippen LogP contribution is 2.35. The second-order valence-electron chi connectivity index (χ2n) is 10.7. The van der Waals surface area contributed by atoms with Crippen LogP contribution in [-0.2, 0) is 16.4 Å². The molecule has 42 heavy (non-hydrogen) atoms. The lowest BCUT2D eigenvalue weighted by atomic mass is 9.84. The Balaban J connectivity index is 1.32. The number of sulfonamides is 1. The fraction of sp³-hybridized carbons (Fsp3) is 0.250. The van der Waals surface area contributed by atoms with Crippen LogP contribution in [0, 0.1) is 0 Å². The van der Waals surface area contributed by atoms with Crippen molar-refractivity contribution in [2.45, 2.75) is 31.1 Å². The van der Waals surface area contributed by atoms with Crippen molar-refractivity contribution in [3.05, 3.63) is 125 Å². The number of halogens is 1. The highest BCUT2D eigenvalue weighted by Gasteiger charge is 2.26. The highest BCUT2D eigenvalue weighted by molar-refractivity contribution is 7.88. The van der Waals surface area contributed by atoms with Gasteiger partial charge in [0.2, 0.25) is 10.0 Å². The van der Waals surface area contributed by atoms with Crippen molar-refractivity contribution in [2.75, 3.05) is 19.3 Å². The van der Waals surface area contributed by atoms with Gasteiger partial charge in [0.15, 0.2) is 0 Å². The summed E-state index contributed by atoms with van der Waals surface area (Å²) in [6, 6.07) is 29.0. The average Bonchev–Trinajstić information content (AvgIpc) is 3.55. The first-order valence-electron chi connectivity index (χ1n) is 13.9. The summed E-state index contributed by atoms with van der Waals surface area (Å²) in [5.41, 5.74) is 7.26. The van der Waals surface area contributed by atoms with Gasteiger partial charge in [0.05, 0.1) is 11.9 Å². The molecule has 1 saturated heterocycles. The molecule has 1 unspecified atom stereocenters. The van der Waals surface area contributed by atoms with E-state index in [-0.39, 0.29) is 5.92 Å². The molecule has 3 heterocycles. The smallest absolute Gasteiger partial charge is 0.211 e. The molecule has 1 aliphatic rings. The fourth-order valence-corrected chi connectivity index (χ4v) is 6.82. The molecule has 0 N–H and O–H groups in total. The van der Waals surface area contributed by atoms with Crippen molar-refractivity contribution in [1.82, 2.24) is 29.5 Å². The number of hydrogen-bond donors (Lipinski definition) is 0. The second kappa shape index (κ2) is 12.1. The molecule has 6 rings (SSSR count). The molecule has 1 atom stereocenters. The quantitative estimate of drug-likeness (QED) is 0.221. The zero-order chi connectivity index (χ0) is 29.1. The molecule has 3 aromatic carbocycles. The van der Waals surface area contributed by atoms with E-state index in [9.17, 15) is 8.42 Å². The number of pyridine rings is 1. The SMILES string of the molecule is CS(=O)(=O)N1CCC(c2cccc(C(Cc3ccccc3)c3ccc(-c4cc(Cl)ccc4-n4cnnn4)cn3)c2)CC1. The average molecular weight is 599 g/mol. The van der Waals surface area contributed by atoms with Gasteiger partial charge in [-0.05, 0) is 76.6 Å². The van der Waals surface area contributed by atoms with E-state index in [1.54, 1.807) is 15.3 Å². The zero-order valence-corrected chi connectivity index (χ0v) is 24.8. The van der Waals surface area contributed by atoms with Gasteiger partial charge in [-0.15, -0.1) is 5.10 Å². The van der Waals surface area contributed by atoms with Gasteiger partial charge >= 0.3 is 0 Å². The molecule has 0 aliphatic carbocycles. The monoisotopic (exact) mass is 598 g/mol. The van der Waals surface area contributed by atoms with Crippen molar-refractivity contribution in [2.24, 2.45) is 0 Å². The van der Waals surface area contributed by atoms with Crippen LogP contribution in [0.5, 0.6) is 0 Å². The summed E-state index contributed by atoms with van der Waals surface area (Å²) in [6.07, 6.45) is 7.17. The van der Waals surface area contributed by atoms with Crippen LogP contribution in [0.3, 0.4) is 0 Å². The molecule has 0 spiro atoms. The van der Waals surface area contributed by atoms with Crippen LogP contribution in [-0.4, -0.2) is 57.3 Å². The largest absolute Gasteiger partial charge is 0.260 e. The third kappa shape index (κ3) is 6.28. The Kier molecular flexibility index (Phi) is 8.15. The molecule has 8 nitrogen and oxygen atoms in total. The van der Waals surface area contributed by atoms with Crippen molar-refractivity contribution in [3.63, 3.8) is 0 Å². The molecule has 2 aromatic heterocycles. The van der Waals surface area contributed by atoms with Crippen LogP contribution in [0.1, 0.15) is 47.1 Å². The van der Waals surface area contributed by atoms with Crippen molar-refractivity contribution in [1.29, 1.82) is 0 Å². The first-order valence-corrected chi connectivity index (χ1v) is 16.2. The molecule has 0 amide bonds. The van der Waals surface area contributed by atoms with Crippen LogP contribution < -0.4 is 0 Å². The molecule has 1 aliphatic heterocycles. The Hall–Kier alpha value is -3.92. The van der Waals surface area contributed by atoms with Gasteiger partial charge in [-0.25, -0.2) is 12.7 Å². The Morgan fingerprint density at radius 3 is 2.45 bits per heavy atom. The predicted octanol–water partition coefficient (Wildman–Crippen LogP) is 5.89. The zero-order valence-electron chi connectivity index (χ0n) is 23.2. The fourth-order valence-electron chi connectivity index (χ4n) is 5.78. The van der Waals surface area contributed by atoms with Crippen LogP contribution in [0.15, 0.2) is 97.5 Å². The summed E-state index contributed by atoms with van der Waals surface area (Å²) in [5, 5.41) is 12.2. The third-order valence-electron chi connectivity index (χ3n) is 8.00. The van der Waals surface area contributed by atoms with Gasteiger partial charge in [0, 0.05) is 47.0 Å². The number of rotatable bonds is 8. The predicted molar refractivity (Wildman–Crippen MR) is 164 cm³/mol. The van der Waals surface area contributed by atoms with E-state index < -0.39 is 10.0 Å². The highest BCUT2D eigenvalue weighted by atomic mass is 35.5. The van der Waals surface area contributed by atoms with E-state index in [0.29, 0.717) is 24.0 Å². The summed E-state index contributed by atoms with van der Waals surface area (Å²) < 4.78 is 27.2. The Bertz CT molecular complexity index is 1760. The number of hydrogen-bond acceptors (Lipinski definition) is 6. The number of piperidine rings is 1. The van der Waals surface area contributed by atoms with E-state index in [4.69, 9.17) is 16.6 Å². The lowest BCUT2D eigenvalue weighted by Gasteiger charge is -2.31. The lowest BCUT2D eigenvalue weighted by molar-refractivity contribution is 0.321. The number of benzene rings is 3. The number of tetrazole rings is 1. The van der Waals surface area contributed by atoms with Gasteiger partial charge in [-0.2, -0.15) is 4.68 Å². The van der Waals surface area contributed by atoms with Gasteiger partial charge < -0.3 is 0 Å². The van der Waals surface area contributed by atoms with E-state index in [2.05, 4.69) is 76.2 Å². The molecular weight excluding hydrogens is 568 g/mol. The first-order chi connectivity index (χ1) is 20.3. The van der Waals surface area contributed by atoms with Crippen molar-refractivity contribution < 1.29 is 8.42 Å². The van der Waals surface area contributed by atoms with Gasteiger partial charge in [-0.3, -0.25) is 4.98 Å². The lowest BCUT2D eigenvalue weighted by Crippen LogP contribution is -2.37. The molecule has 0 radical (unpaired) electrons. The van der Waals surface area contributed by atoms with Crippen molar-refractivity contribution >= 4 is 21.6 Å². The van der Waals surface area contributed by atoms with E-state index >= 15 is 0 Å². The summed E-state index contributed by atoms with van der Waals surface area (Å²) in [5.74, 6) is 0.360. The molecule has 10 heteroatoms. The van der Waals surface area contributed by atoms with Gasteiger partial charge in [0.25, 0.3) is 0 Å². The summed E-state index contributed by atoms with van der Waals surface area (Å²) >= 11 is 6.38. The minimum absolute atomic E-state index is 0.0378. The normalized spacial score (nSPS) is 15.5.